The number of hydrogen-bond acceptors (Lipinski definition) is 3. The molecule has 0 saturated carbocycles. The Labute approximate surface area is 270 Å². The first kappa shape index (κ1) is 32.3. The van der Waals surface area contributed by atoms with E-state index in [-0.39, 0.29) is 23.5 Å². The highest BCUT2D eigenvalue weighted by Crippen LogP contribution is 2.48. The predicted molar refractivity (Wildman–Crippen MR) is 188 cm³/mol. The van der Waals surface area contributed by atoms with Crippen molar-refractivity contribution in [2.75, 3.05) is 31.1 Å². The monoisotopic (exact) mass is 604 g/mol. The van der Waals surface area contributed by atoms with Crippen molar-refractivity contribution in [1.82, 2.24) is 4.90 Å². The van der Waals surface area contributed by atoms with Gasteiger partial charge < -0.3 is 9.64 Å². The van der Waals surface area contributed by atoms with Crippen LogP contribution in [0.25, 0.3) is 0 Å². The number of ether oxygens (including phenoxy) is 1. The largest absolute Gasteiger partial charge is 0.445 e. The second-order valence-corrected chi connectivity index (χ2v) is 13.1. The predicted octanol–water partition coefficient (Wildman–Crippen LogP) is 9.35. The van der Waals surface area contributed by atoms with E-state index in [1.807, 2.05) is 11.8 Å². The van der Waals surface area contributed by atoms with E-state index < -0.39 is 0 Å². The van der Waals surface area contributed by atoms with Gasteiger partial charge in [0.1, 0.15) is 13.2 Å². The number of allylic oxidation sites excluding steroid dienone is 7. The zero-order valence-corrected chi connectivity index (χ0v) is 28.3. The Morgan fingerprint density at radius 3 is 2.36 bits per heavy atom. The minimum atomic E-state index is -0.334. The molecule has 0 N–H and O–H groups in total. The van der Waals surface area contributed by atoms with E-state index in [2.05, 4.69) is 130 Å². The van der Waals surface area contributed by atoms with Crippen LogP contribution in [0.2, 0.25) is 0 Å². The number of carbonyl (C=O) groups is 1. The van der Waals surface area contributed by atoms with Gasteiger partial charge in [-0.25, -0.2) is 4.79 Å². The average molecular weight is 605 g/mol. The molecule has 2 aromatic carbocycles. The van der Waals surface area contributed by atoms with Crippen molar-refractivity contribution in [2.45, 2.75) is 78.6 Å². The van der Waals surface area contributed by atoms with Crippen LogP contribution in [-0.4, -0.2) is 47.5 Å². The molecule has 5 nitrogen and oxygen atoms in total. The van der Waals surface area contributed by atoms with Gasteiger partial charge in [0.2, 0.25) is 5.69 Å². The molecule has 1 aliphatic carbocycles. The zero-order chi connectivity index (χ0) is 32.4. The lowest BCUT2D eigenvalue weighted by atomic mass is 9.81. The van der Waals surface area contributed by atoms with E-state index in [0.29, 0.717) is 6.54 Å². The molecular formula is C40H50N3O2+. The average Bonchev–Trinajstić information content (AvgIpc) is 3.40. The van der Waals surface area contributed by atoms with Crippen LogP contribution in [0, 0.1) is 0 Å². The smallest absolute Gasteiger partial charge is 0.414 e. The van der Waals surface area contributed by atoms with Crippen LogP contribution >= 0.6 is 0 Å². The van der Waals surface area contributed by atoms with Gasteiger partial charge in [-0.1, -0.05) is 75.1 Å². The molecule has 0 bridgehead atoms. The minimum Gasteiger partial charge on any atom is -0.445 e. The summed E-state index contributed by atoms with van der Waals surface area (Å²) in [5, 5.41) is 0. The van der Waals surface area contributed by atoms with Crippen molar-refractivity contribution in [3.63, 3.8) is 0 Å². The maximum absolute atomic E-state index is 13.5. The van der Waals surface area contributed by atoms with E-state index in [1.54, 1.807) is 6.08 Å². The molecule has 0 atom stereocenters. The first-order valence-electron chi connectivity index (χ1n) is 16.6. The molecule has 0 aromatic heterocycles. The van der Waals surface area contributed by atoms with Gasteiger partial charge in [0.15, 0.2) is 5.71 Å². The van der Waals surface area contributed by atoms with E-state index in [9.17, 15) is 4.79 Å². The van der Waals surface area contributed by atoms with Crippen LogP contribution in [0.1, 0.15) is 78.9 Å². The van der Waals surface area contributed by atoms with Crippen molar-refractivity contribution in [1.29, 1.82) is 0 Å². The van der Waals surface area contributed by atoms with E-state index in [0.717, 1.165) is 38.0 Å². The van der Waals surface area contributed by atoms with Crippen LogP contribution in [0.4, 0.5) is 16.2 Å². The van der Waals surface area contributed by atoms with Gasteiger partial charge in [0.25, 0.3) is 0 Å². The number of hydrogen-bond donors (Lipinski definition) is 0. The summed E-state index contributed by atoms with van der Waals surface area (Å²) in [5.41, 5.74) is 10.9. The van der Waals surface area contributed by atoms with Crippen LogP contribution < -0.4 is 4.90 Å². The highest BCUT2D eigenvalue weighted by atomic mass is 16.6. The lowest BCUT2D eigenvalue weighted by Gasteiger charge is -2.31. The first-order valence-corrected chi connectivity index (χ1v) is 16.6. The number of anilines is 1. The molecule has 236 valence electrons. The molecule has 0 unspecified atom stereocenters. The van der Waals surface area contributed by atoms with E-state index >= 15 is 0 Å². The lowest BCUT2D eigenvalue weighted by molar-refractivity contribution is -0.433. The molecule has 0 radical (unpaired) electrons. The Kier molecular flexibility index (Phi) is 9.38. The molecule has 0 fully saturated rings. The normalized spacial score (nSPS) is 20.3. The standard InChI is InChI=1S/C40H50N3O2/c1-9-28-45-38(44)43(12-4)37-29(24-26-35-39(5,6)31-20-13-15-22-33(31)41(35)10-2)18-17-19-30(37)25-27-36-40(7,8)32-21-14-16-23-34(32)42(36)11-3/h9,13-16,20-27H,1,10-12,17-19,28H2,2-8H3/q+1. The summed E-state index contributed by atoms with van der Waals surface area (Å²) in [7, 11) is 0. The molecule has 5 heteroatoms. The third-order valence-electron chi connectivity index (χ3n) is 9.75. The SMILES string of the molecule is C=CCOC(=O)N(CC)C1=C(/C=C/C2=[N+](CC)c3ccccc3C2(C)C)CCC/C1=C\C=C1/N(CC)c2ccccc2C1(C)C. The second-order valence-electron chi connectivity index (χ2n) is 13.1. The van der Waals surface area contributed by atoms with Gasteiger partial charge in [-0.15, -0.1) is 0 Å². The van der Waals surface area contributed by atoms with Gasteiger partial charge in [-0.2, -0.15) is 4.58 Å². The number of likely N-dealkylation sites (N-methyl/N-ethyl adjacent to an activating group) is 2. The van der Waals surface area contributed by atoms with Crippen LogP contribution in [0.3, 0.4) is 0 Å². The molecular weight excluding hydrogens is 554 g/mol. The number of benzene rings is 2. The van der Waals surface area contributed by atoms with Gasteiger partial charge >= 0.3 is 6.09 Å². The topological polar surface area (TPSA) is 35.8 Å². The number of amides is 1. The van der Waals surface area contributed by atoms with Gasteiger partial charge in [0.05, 0.1) is 11.1 Å². The quantitative estimate of drug-likeness (QED) is 0.211. The minimum absolute atomic E-state index is 0.123. The Hall–Kier alpha value is -4.12. The number of rotatable bonds is 9. The summed E-state index contributed by atoms with van der Waals surface area (Å²) in [5.74, 6) is 0. The molecule has 2 aliphatic heterocycles. The molecule has 0 saturated heterocycles. The third kappa shape index (κ3) is 5.74. The van der Waals surface area contributed by atoms with Crippen LogP contribution in [0.5, 0.6) is 0 Å². The first-order chi connectivity index (χ1) is 21.6. The number of nitrogens with zero attached hydrogens (tertiary/aromatic N) is 3. The fourth-order valence-electron chi connectivity index (χ4n) is 7.49. The zero-order valence-electron chi connectivity index (χ0n) is 28.3. The van der Waals surface area contributed by atoms with Crippen molar-refractivity contribution in [3.8, 4) is 0 Å². The van der Waals surface area contributed by atoms with Gasteiger partial charge in [-0.05, 0) is 82.7 Å². The number of carbonyl (C=O) groups excluding carboxylic acids is 1. The number of fused-ring (bicyclic) bond motifs is 2. The third-order valence-corrected chi connectivity index (χ3v) is 9.75. The summed E-state index contributed by atoms with van der Waals surface area (Å²) >= 11 is 0. The summed E-state index contributed by atoms with van der Waals surface area (Å²) in [6, 6.07) is 17.4. The number of para-hydroxylation sites is 2. The molecule has 5 rings (SSSR count). The van der Waals surface area contributed by atoms with Crippen molar-refractivity contribution >= 4 is 23.2 Å². The Bertz CT molecular complexity index is 1630. The molecule has 45 heavy (non-hydrogen) atoms. The highest BCUT2D eigenvalue weighted by molar-refractivity contribution is 6.03. The Balaban J connectivity index is 1.63. The fourth-order valence-corrected chi connectivity index (χ4v) is 7.49. The second kappa shape index (κ2) is 13.1. The Morgan fingerprint density at radius 1 is 0.956 bits per heavy atom. The Morgan fingerprint density at radius 2 is 1.67 bits per heavy atom. The van der Waals surface area contributed by atoms with Gasteiger partial charge in [-0.3, -0.25) is 4.90 Å². The van der Waals surface area contributed by atoms with Crippen LogP contribution in [0.15, 0.2) is 108 Å². The summed E-state index contributed by atoms with van der Waals surface area (Å²) in [4.78, 5) is 17.7. The van der Waals surface area contributed by atoms with Crippen molar-refractivity contribution < 1.29 is 14.1 Å². The molecule has 3 aliphatic rings. The van der Waals surface area contributed by atoms with Crippen LogP contribution in [-0.2, 0) is 15.6 Å². The van der Waals surface area contributed by atoms with Crippen molar-refractivity contribution in [2.24, 2.45) is 0 Å². The summed E-state index contributed by atoms with van der Waals surface area (Å²) < 4.78 is 8.04. The molecule has 2 aromatic rings. The highest BCUT2D eigenvalue weighted by Gasteiger charge is 2.43. The van der Waals surface area contributed by atoms with Crippen molar-refractivity contribution in [3.05, 3.63) is 119 Å². The maximum Gasteiger partial charge on any atom is 0.414 e. The van der Waals surface area contributed by atoms with Gasteiger partial charge in [0, 0.05) is 47.6 Å². The fraction of sp³-hybridized carbons (Fsp3) is 0.400. The lowest BCUT2D eigenvalue weighted by Crippen LogP contribution is -2.33. The molecule has 0 spiro atoms. The molecule has 1 amide bonds. The molecule has 2 heterocycles. The van der Waals surface area contributed by atoms with E-state index in [1.165, 1.54) is 45.1 Å². The summed E-state index contributed by atoms with van der Waals surface area (Å²) in [6.45, 7) is 21.9. The maximum atomic E-state index is 13.5. The summed E-state index contributed by atoms with van der Waals surface area (Å²) in [6.07, 6.45) is 13.2. The van der Waals surface area contributed by atoms with E-state index in [4.69, 9.17) is 4.74 Å².